The summed E-state index contributed by atoms with van der Waals surface area (Å²) in [6, 6.07) is 0. The predicted octanol–water partition coefficient (Wildman–Crippen LogP) is 0.823. The van der Waals surface area contributed by atoms with Gasteiger partial charge >= 0.3 is 0 Å². The normalized spacial score (nSPS) is 32.3. The lowest BCUT2D eigenvalue weighted by Crippen LogP contribution is -2.22. The van der Waals surface area contributed by atoms with Gasteiger partial charge in [0.25, 0.3) is 0 Å². The zero-order valence-corrected chi connectivity index (χ0v) is 6.09. The Hall–Kier alpha value is -0.890. The Labute approximate surface area is 59.9 Å². The second-order valence-corrected chi connectivity index (χ2v) is 2.75. The van der Waals surface area contributed by atoms with E-state index in [1.54, 1.807) is 19.9 Å². The van der Waals surface area contributed by atoms with Gasteiger partial charge in [0.15, 0.2) is 5.78 Å². The number of carbonyl (C=O) groups excluding carboxylic acids is 1. The molecule has 1 atom stereocenters. The van der Waals surface area contributed by atoms with Crippen LogP contribution in [0.1, 0.15) is 13.8 Å². The van der Waals surface area contributed by atoms with Crippen molar-refractivity contribution in [2.24, 2.45) is 0 Å². The van der Waals surface area contributed by atoms with E-state index >= 15 is 0 Å². The van der Waals surface area contributed by atoms with Crippen LogP contribution in [-0.2, 0) is 4.79 Å². The standard InChI is InChI=1S/C8H10O2/c1-6-5-8(2,10)4-3-7(6)9/h3-5,10H,1-2H3/t8-/m1/s1. The van der Waals surface area contributed by atoms with Crippen LogP contribution < -0.4 is 0 Å². The topological polar surface area (TPSA) is 37.3 Å². The van der Waals surface area contributed by atoms with Gasteiger partial charge in [0.1, 0.15) is 0 Å². The molecule has 0 aromatic carbocycles. The molecular formula is C8H10O2. The van der Waals surface area contributed by atoms with E-state index in [0.717, 1.165) is 0 Å². The molecular weight excluding hydrogens is 128 g/mol. The lowest BCUT2D eigenvalue weighted by molar-refractivity contribution is -0.111. The van der Waals surface area contributed by atoms with Crippen LogP contribution in [0.3, 0.4) is 0 Å². The molecule has 0 saturated heterocycles. The highest BCUT2D eigenvalue weighted by molar-refractivity contribution is 6.04. The van der Waals surface area contributed by atoms with Crippen molar-refractivity contribution < 1.29 is 9.90 Å². The first-order chi connectivity index (χ1) is 4.51. The van der Waals surface area contributed by atoms with Gasteiger partial charge in [0, 0.05) is 0 Å². The van der Waals surface area contributed by atoms with Crippen LogP contribution in [0.25, 0.3) is 0 Å². The number of rotatable bonds is 0. The molecule has 1 N–H and O–H groups in total. The average Bonchev–Trinajstić information content (AvgIpc) is 1.79. The maximum Gasteiger partial charge on any atom is 0.181 e. The maximum absolute atomic E-state index is 10.8. The van der Waals surface area contributed by atoms with Crippen molar-refractivity contribution in [2.75, 3.05) is 0 Å². The molecule has 1 rings (SSSR count). The second-order valence-electron chi connectivity index (χ2n) is 2.75. The molecule has 0 unspecified atom stereocenters. The zero-order chi connectivity index (χ0) is 7.78. The highest BCUT2D eigenvalue weighted by Gasteiger charge is 2.19. The Morgan fingerprint density at radius 1 is 1.60 bits per heavy atom. The summed E-state index contributed by atoms with van der Waals surface area (Å²) in [5.74, 6) is -0.0217. The predicted molar refractivity (Wildman–Crippen MR) is 38.5 cm³/mol. The molecule has 1 aliphatic carbocycles. The molecule has 0 aromatic rings. The largest absolute Gasteiger partial charge is 0.382 e. The van der Waals surface area contributed by atoms with Gasteiger partial charge in [-0.15, -0.1) is 0 Å². The molecule has 54 valence electrons. The number of allylic oxidation sites excluding steroid dienone is 2. The third-order valence-electron chi connectivity index (χ3n) is 1.47. The summed E-state index contributed by atoms with van der Waals surface area (Å²) in [7, 11) is 0. The Kier molecular flexibility index (Phi) is 1.49. The summed E-state index contributed by atoms with van der Waals surface area (Å²) < 4.78 is 0. The van der Waals surface area contributed by atoms with Crippen LogP contribution >= 0.6 is 0 Å². The quantitative estimate of drug-likeness (QED) is 0.538. The van der Waals surface area contributed by atoms with E-state index in [1.165, 1.54) is 12.2 Å². The third kappa shape index (κ3) is 1.33. The summed E-state index contributed by atoms with van der Waals surface area (Å²) in [4.78, 5) is 10.8. The highest BCUT2D eigenvalue weighted by atomic mass is 16.3. The van der Waals surface area contributed by atoms with Gasteiger partial charge in [-0.3, -0.25) is 4.79 Å². The Morgan fingerprint density at radius 3 is 2.60 bits per heavy atom. The molecule has 10 heavy (non-hydrogen) atoms. The lowest BCUT2D eigenvalue weighted by Gasteiger charge is -2.17. The van der Waals surface area contributed by atoms with Crippen LogP contribution in [0, 0.1) is 0 Å². The summed E-state index contributed by atoms with van der Waals surface area (Å²) in [6.45, 7) is 3.33. The van der Waals surface area contributed by atoms with Crippen LogP contribution in [-0.4, -0.2) is 16.5 Å². The van der Waals surface area contributed by atoms with Crippen molar-refractivity contribution in [1.29, 1.82) is 0 Å². The van der Waals surface area contributed by atoms with E-state index in [1.807, 2.05) is 0 Å². The number of aliphatic hydroxyl groups is 1. The monoisotopic (exact) mass is 138 g/mol. The minimum absolute atomic E-state index is 0.0217. The van der Waals surface area contributed by atoms with Gasteiger partial charge in [-0.2, -0.15) is 0 Å². The molecule has 2 nitrogen and oxygen atoms in total. The molecule has 0 spiro atoms. The van der Waals surface area contributed by atoms with Gasteiger partial charge in [0.2, 0.25) is 0 Å². The van der Waals surface area contributed by atoms with Crippen molar-refractivity contribution in [2.45, 2.75) is 19.4 Å². The zero-order valence-electron chi connectivity index (χ0n) is 6.09. The second kappa shape index (κ2) is 2.06. The van der Waals surface area contributed by atoms with E-state index in [4.69, 9.17) is 0 Å². The molecule has 0 bridgehead atoms. The fourth-order valence-corrected chi connectivity index (χ4v) is 0.933. The smallest absolute Gasteiger partial charge is 0.181 e. The Bertz CT molecular complexity index is 221. The number of ketones is 1. The van der Waals surface area contributed by atoms with Crippen molar-refractivity contribution in [3.05, 3.63) is 23.8 Å². The lowest BCUT2D eigenvalue weighted by atomic mass is 9.95. The van der Waals surface area contributed by atoms with Gasteiger partial charge < -0.3 is 5.11 Å². The van der Waals surface area contributed by atoms with Gasteiger partial charge in [-0.25, -0.2) is 0 Å². The fraction of sp³-hybridized carbons (Fsp3) is 0.375. The minimum atomic E-state index is -0.933. The molecule has 0 saturated carbocycles. The van der Waals surface area contributed by atoms with Crippen molar-refractivity contribution in [3.63, 3.8) is 0 Å². The first kappa shape index (κ1) is 7.22. The third-order valence-corrected chi connectivity index (χ3v) is 1.47. The molecule has 0 fully saturated rings. The van der Waals surface area contributed by atoms with Crippen LogP contribution in [0.15, 0.2) is 23.8 Å². The first-order valence-electron chi connectivity index (χ1n) is 3.17. The summed E-state index contributed by atoms with van der Waals surface area (Å²) >= 11 is 0. The first-order valence-corrected chi connectivity index (χ1v) is 3.17. The number of carbonyl (C=O) groups is 1. The number of hydrogen-bond donors (Lipinski definition) is 1. The number of hydrogen-bond acceptors (Lipinski definition) is 2. The van der Waals surface area contributed by atoms with E-state index < -0.39 is 5.60 Å². The molecule has 0 heterocycles. The molecule has 1 aliphatic rings. The summed E-state index contributed by atoms with van der Waals surface area (Å²) in [6.07, 6.45) is 4.44. The summed E-state index contributed by atoms with van der Waals surface area (Å²) in [5.41, 5.74) is -0.328. The van der Waals surface area contributed by atoms with Gasteiger partial charge in [0.05, 0.1) is 5.60 Å². The molecule has 2 heteroatoms. The fourth-order valence-electron chi connectivity index (χ4n) is 0.933. The molecule has 0 aliphatic heterocycles. The van der Waals surface area contributed by atoms with Gasteiger partial charge in [-0.05, 0) is 37.6 Å². The minimum Gasteiger partial charge on any atom is -0.382 e. The Morgan fingerprint density at radius 2 is 2.20 bits per heavy atom. The maximum atomic E-state index is 10.8. The summed E-state index contributed by atoms with van der Waals surface area (Å²) in [5, 5.41) is 9.35. The molecule has 0 aromatic heterocycles. The van der Waals surface area contributed by atoms with Crippen LogP contribution in [0.5, 0.6) is 0 Å². The van der Waals surface area contributed by atoms with E-state index in [9.17, 15) is 9.90 Å². The Balaban J connectivity index is 2.95. The van der Waals surface area contributed by atoms with Crippen LogP contribution in [0.4, 0.5) is 0 Å². The molecule has 0 amide bonds. The molecule has 0 radical (unpaired) electrons. The van der Waals surface area contributed by atoms with Gasteiger partial charge in [-0.1, -0.05) is 0 Å². The average molecular weight is 138 g/mol. The highest BCUT2D eigenvalue weighted by Crippen LogP contribution is 2.16. The van der Waals surface area contributed by atoms with E-state index in [0.29, 0.717) is 5.57 Å². The van der Waals surface area contributed by atoms with Crippen molar-refractivity contribution in [3.8, 4) is 0 Å². The van der Waals surface area contributed by atoms with Crippen molar-refractivity contribution in [1.82, 2.24) is 0 Å². The van der Waals surface area contributed by atoms with Crippen molar-refractivity contribution >= 4 is 5.78 Å². The van der Waals surface area contributed by atoms with E-state index in [-0.39, 0.29) is 5.78 Å². The van der Waals surface area contributed by atoms with Crippen LogP contribution in [0.2, 0.25) is 0 Å². The SMILES string of the molecule is CC1=C[C@](C)(O)C=CC1=O. The van der Waals surface area contributed by atoms with E-state index in [2.05, 4.69) is 0 Å².